The van der Waals surface area contributed by atoms with E-state index in [1.165, 1.54) is 18.1 Å². The van der Waals surface area contributed by atoms with E-state index in [0.717, 1.165) is 0 Å². The third-order valence-electron chi connectivity index (χ3n) is 4.32. The van der Waals surface area contributed by atoms with E-state index >= 15 is 0 Å². The van der Waals surface area contributed by atoms with Crippen LogP contribution in [0.4, 0.5) is 0 Å². The predicted molar refractivity (Wildman–Crippen MR) is 64.3 cm³/mol. The molecule has 1 saturated heterocycles. The van der Waals surface area contributed by atoms with Crippen LogP contribution in [0.3, 0.4) is 0 Å². The molecule has 14 heavy (non-hydrogen) atoms. The molecule has 0 aromatic carbocycles. The summed E-state index contributed by atoms with van der Waals surface area (Å²) in [4.78, 5) is 0. The van der Waals surface area contributed by atoms with Gasteiger partial charge >= 0.3 is 0 Å². The minimum atomic E-state index is 0.390. The van der Waals surface area contributed by atoms with Gasteiger partial charge in [0.15, 0.2) is 6.71 Å². The maximum atomic E-state index is 5.69. The van der Waals surface area contributed by atoms with Gasteiger partial charge in [0.05, 0.1) is 0 Å². The van der Waals surface area contributed by atoms with Crippen LogP contribution in [0, 0.1) is 10.8 Å². The van der Waals surface area contributed by atoms with Gasteiger partial charge in [-0.3, -0.25) is 0 Å². The zero-order valence-corrected chi connectivity index (χ0v) is 9.93. The Labute approximate surface area is 88.2 Å². The SMILES string of the molecule is CC1(C)CB(/C(=C/N)CN)CC1(C)C. The Morgan fingerprint density at radius 2 is 1.64 bits per heavy atom. The Morgan fingerprint density at radius 1 is 1.21 bits per heavy atom. The van der Waals surface area contributed by atoms with Crippen molar-refractivity contribution in [1.82, 2.24) is 0 Å². The van der Waals surface area contributed by atoms with Gasteiger partial charge in [-0.05, 0) is 17.0 Å². The summed E-state index contributed by atoms with van der Waals surface area (Å²) in [5.41, 5.74) is 13.3. The average Bonchev–Trinajstić information content (AvgIpc) is 2.23. The van der Waals surface area contributed by atoms with Crippen molar-refractivity contribution in [3.05, 3.63) is 11.7 Å². The first kappa shape index (κ1) is 11.6. The van der Waals surface area contributed by atoms with Crippen molar-refractivity contribution in [2.45, 2.75) is 40.3 Å². The van der Waals surface area contributed by atoms with Gasteiger partial charge in [-0.2, -0.15) is 0 Å². The van der Waals surface area contributed by atoms with Gasteiger partial charge < -0.3 is 11.5 Å². The molecule has 1 aliphatic heterocycles. The normalized spacial score (nSPS) is 25.5. The van der Waals surface area contributed by atoms with Crippen molar-refractivity contribution < 1.29 is 0 Å². The third-order valence-corrected chi connectivity index (χ3v) is 4.32. The van der Waals surface area contributed by atoms with E-state index in [4.69, 9.17) is 11.5 Å². The van der Waals surface area contributed by atoms with Gasteiger partial charge in [-0.25, -0.2) is 0 Å². The topological polar surface area (TPSA) is 52.0 Å². The van der Waals surface area contributed by atoms with Crippen LogP contribution in [0.5, 0.6) is 0 Å². The van der Waals surface area contributed by atoms with E-state index in [-0.39, 0.29) is 0 Å². The lowest BCUT2D eigenvalue weighted by Gasteiger charge is -2.35. The van der Waals surface area contributed by atoms with Crippen LogP contribution in [0.15, 0.2) is 11.7 Å². The van der Waals surface area contributed by atoms with E-state index in [1.807, 2.05) is 0 Å². The molecule has 3 heteroatoms. The Bertz CT molecular complexity index is 228. The molecule has 80 valence electrons. The van der Waals surface area contributed by atoms with Crippen molar-refractivity contribution in [3.63, 3.8) is 0 Å². The molecule has 0 saturated carbocycles. The van der Waals surface area contributed by atoms with Crippen LogP contribution in [0.1, 0.15) is 27.7 Å². The molecule has 0 bridgehead atoms. The fraction of sp³-hybridized carbons (Fsp3) is 0.818. The predicted octanol–water partition coefficient (Wildman–Crippen LogP) is 1.89. The van der Waals surface area contributed by atoms with E-state index in [0.29, 0.717) is 24.1 Å². The highest BCUT2D eigenvalue weighted by atomic mass is 14.6. The van der Waals surface area contributed by atoms with E-state index in [1.54, 1.807) is 6.20 Å². The molecular formula is C11H23BN2. The molecule has 2 nitrogen and oxygen atoms in total. The zero-order chi connectivity index (χ0) is 11.0. The number of rotatable bonds is 2. The highest BCUT2D eigenvalue weighted by Gasteiger charge is 2.48. The molecule has 1 aliphatic rings. The Hall–Kier alpha value is -0.435. The first-order chi connectivity index (χ1) is 6.34. The quantitative estimate of drug-likeness (QED) is 0.659. The van der Waals surface area contributed by atoms with Crippen molar-refractivity contribution in [3.8, 4) is 0 Å². The third kappa shape index (κ3) is 1.83. The fourth-order valence-corrected chi connectivity index (χ4v) is 2.49. The molecule has 1 heterocycles. The molecule has 0 spiro atoms. The maximum Gasteiger partial charge on any atom is 0.175 e. The lowest BCUT2D eigenvalue weighted by molar-refractivity contribution is 0.177. The minimum absolute atomic E-state index is 0.390. The van der Waals surface area contributed by atoms with Gasteiger partial charge in [0.1, 0.15) is 0 Å². The van der Waals surface area contributed by atoms with Gasteiger partial charge in [0, 0.05) is 6.54 Å². The van der Waals surface area contributed by atoms with E-state index < -0.39 is 0 Å². The largest absolute Gasteiger partial charge is 0.405 e. The van der Waals surface area contributed by atoms with Gasteiger partial charge in [-0.15, -0.1) is 0 Å². The van der Waals surface area contributed by atoms with Crippen LogP contribution in [0.2, 0.25) is 12.6 Å². The average molecular weight is 194 g/mol. The molecule has 0 unspecified atom stereocenters. The highest BCUT2D eigenvalue weighted by Crippen LogP contribution is 2.53. The van der Waals surface area contributed by atoms with Crippen molar-refractivity contribution in [1.29, 1.82) is 0 Å². The molecule has 1 rings (SSSR count). The van der Waals surface area contributed by atoms with Gasteiger partial charge in [0.25, 0.3) is 0 Å². The summed E-state index contributed by atoms with van der Waals surface area (Å²) in [6.45, 7) is 10.6. The summed E-state index contributed by atoms with van der Waals surface area (Å²) in [5, 5.41) is 0. The summed E-state index contributed by atoms with van der Waals surface area (Å²) in [7, 11) is 0. The highest BCUT2D eigenvalue weighted by molar-refractivity contribution is 6.68. The molecule has 1 fully saturated rings. The molecule has 0 aliphatic carbocycles. The summed E-state index contributed by atoms with van der Waals surface area (Å²) >= 11 is 0. The smallest absolute Gasteiger partial charge is 0.175 e. The number of hydrogen-bond donors (Lipinski definition) is 2. The Morgan fingerprint density at radius 3 is 1.93 bits per heavy atom. The second-order valence-electron chi connectivity index (χ2n) is 5.82. The Kier molecular flexibility index (Phi) is 3.00. The Balaban J connectivity index is 2.82. The van der Waals surface area contributed by atoms with Crippen LogP contribution in [-0.4, -0.2) is 13.3 Å². The van der Waals surface area contributed by atoms with Crippen LogP contribution in [0.25, 0.3) is 0 Å². The van der Waals surface area contributed by atoms with E-state index in [9.17, 15) is 0 Å². The lowest BCUT2D eigenvalue weighted by atomic mass is 9.41. The van der Waals surface area contributed by atoms with Gasteiger partial charge in [0.2, 0.25) is 0 Å². The number of hydrogen-bond acceptors (Lipinski definition) is 2. The second kappa shape index (κ2) is 3.61. The molecular weight excluding hydrogens is 171 g/mol. The number of nitrogens with two attached hydrogens (primary N) is 2. The minimum Gasteiger partial charge on any atom is -0.405 e. The van der Waals surface area contributed by atoms with Crippen molar-refractivity contribution in [2.24, 2.45) is 22.3 Å². The zero-order valence-electron chi connectivity index (χ0n) is 9.93. The molecule has 4 N–H and O–H groups in total. The van der Waals surface area contributed by atoms with Crippen LogP contribution >= 0.6 is 0 Å². The van der Waals surface area contributed by atoms with Crippen molar-refractivity contribution in [2.75, 3.05) is 6.54 Å². The van der Waals surface area contributed by atoms with E-state index in [2.05, 4.69) is 27.7 Å². The maximum absolute atomic E-state index is 5.69. The van der Waals surface area contributed by atoms with Crippen LogP contribution in [-0.2, 0) is 0 Å². The molecule has 0 aromatic heterocycles. The molecule has 0 radical (unpaired) electrons. The van der Waals surface area contributed by atoms with Gasteiger partial charge in [-0.1, -0.05) is 45.8 Å². The first-order valence-electron chi connectivity index (χ1n) is 5.45. The standard InChI is InChI=1S/C11H23BN2/c1-10(2)7-12(8-11(10,3)4)9(5-13)6-14/h5H,6-8,13-14H2,1-4H3/b9-5+. The molecule has 0 aromatic rings. The lowest BCUT2D eigenvalue weighted by Crippen LogP contribution is -2.24. The summed E-state index contributed by atoms with van der Waals surface area (Å²) in [6.07, 6.45) is 4.13. The van der Waals surface area contributed by atoms with Crippen molar-refractivity contribution >= 4 is 6.71 Å². The van der Waals surface area contributed by atoms with Crippen LogP contribution < -0.4 is 11.5 Å². The summed E-state index contributed by atoms with van der Waals surface area (Å²) in [5.74, 6) is 0. The monoisotopic (exact) mass is 194 g/mol. The fourth-order valence-electron chi connectivity index (χ4n) is 2.49. The first-order valence-corrected chi connectivity index (χ1v) is 5.45. The molecule has 0 atom stereocenters. The second-order valence-corrected chi connectivity index (χ2v) is 5.82. The molecule has 0 amide bonds. The summed E-state index contributed by atoms with van der Waals surface area (Å²) in [6, 6.07) is 0. The summed E-state index contributed by atoms with van der Waals surface area (Å²) < 4.78 is 0.